The molecule has 200 valence electrons. The van der Waals surface area contributed by atoms with Gasteiger partial charge in [-0.3, -0.25) is 14.4 Å². The van der Waals surface area contributed by atoms with Crippen molar-refractivity contribution in [2.75, 3.05) is 6.54 Å². The van der Waals surface area contributed by atoms with Gasteiger partial charge in [-0.15, -0.1) is 0 Å². The SMILES string of the molecule is CC(C)CC(N)C(=O)NC(CC(C)C)C(=O)NC(Cc1ccc(O)cc1)C(=O)N1CCCC1C(=O)O. The normalized spacial score (nSPS) is 18.1. The molecule has 4 atom stereocenters. The number of benzene rings is 1. The molecule has 3 amide bonds. The van der Waals surface area contributed by atoms with E-state index in [1.807, 2.05) is 27.7 Å². The number of nitrogens with zero attached hydrogens (tertiary/aromatic N) is 1. The summed E-state index contributed by atoms with van der Waals surface area (Å²) in [5, 5.41) is 24.6. The van der Waals surface area contributed by atoms with Crippen LogP contribution in [0.1, 0.15) is 58.9 Å². The molecular weight excluding hydrogens is 464 g/mol. The summed E-state index contributed by atoms with van der Waals surface area (Å²) in [4.78, 5) is 52.4. The third kappa shape index (κ3) is 8.51. The Balaban J connectivity index is 2.26. The van der Waals surface area contributed by atoms with E-state index in [1.54, 1.807) is 12.1 Å². The van der Waals surface area contributed by atoms with Crippen molar-refractivity contribution in [1.82, 2.24) is 15.5 Å². The molecule has 0 aromatic heterocycles. The Bertz CT molecular complexity index is 918. The monoisotopic (exact) mass is 504 g/mol. The highest BCUT2D eigenvalue weighted by Crippen LogP contribution is 2.20. The van der Waals surface area contributed by atoms with E-state index in [9.17, 15) is 29.4 Å². The number of nitrogens with two attached hydrogens (primary N) is 1. The highest BCUT2D eigenvalue weighted by Gasteiger charge is 2.38. The standard InChI is InChI=1S/C26H40N4O6/c1-15(2)12-19(27)23(32)28-20(13-16(3)4)24(33)29-21(14-17-7-9-18(31)10-8-17)25(34)30-11-5-6-22(30)26(35)36/h7-10,15-16,19-22,31H,5-6,11-14,27H2,1-4H3,(H,28,32)(H,29,33)(H,35,36). The average Bonchev–Trinajstić information content (AvgIpc) is 3.28. The topological polar surface area (TPSA) is 162 Å². The number of carbonyl (C=O) groups is 4. The molecule has 0 saturated carbocycles. The second kappa shape index (κ2) is 13.2. The zero-order valence-corrected chi connectivity index (χ0v) is 21.6. The van der Waals surface area contributed by atoms with E-state index in [0.717, 1.165) is 0 Å². The lowest BCUT2D eigenvalue weighted by molar-refractivity contribution is -0.149. The molecule has 1 aliphatic rings. The van der Waals surface area contributed by atoms with Crippen LogP contribution in [-0.2, 0) is 25.6 Å². The molecule has 10 heteroatoms. The Hall–Kier alpha value is -3.14. The van der Waals surface area contributed by atoms with E-state index in [-0.39, 0.29) is 30.6 Å². The van der Waals surface area contributed by atoms with Crippen LogP contribution in [0.2, 0.25) is 0 Å². The summed E-state index contributed by atoms with van der Waals surface area (Å²) in [5.74, 6) is -2.20. The molecule has 1 aromatic rings. The first-order chi connectivity index (χ1) is 16.9. The van der Waals surface area contributed by atoms with Crippen molar-refractivity contribution in [3.63, 3.8) is 0 Å². The number of amides is 3. The van der Waals surface area contributed by atoms with Gasteiger partial charge in [0.2, 0.25) is 17.7 Å². The van der Waals surface area contributed by atoms with Crippen LogP contribution in [0.25, 0.3) is 0 Å². The van der Waals surface area contributed by atoms with Gasteiger partial charge in [-0.1, -0.05) is 39.8 Å². The van der Waals surface area contributed by atoms with Gasteiger partial charge in [0, 0.05) is 13.0 Å². The van der Waals surface area contributed by atoms with E-state index in [0.29, 0.717) is 31.2 Å². The van der Waals surface area contributed by atoms with Crippen LogP contribution in [0, 0.1) is 11.8 Å². The van der Waals surface area contributed by atoms with Crippen molar-refractivity contribution in [1.29, 1.82) is 0 Å². The van der Waals surface area contributed by atoms with Gasteiger partial charge >= 0.3 is 5.97 Å². The van der Waals surface area contributed by atoms with Crippen molar-refractivity contribution in [3.05, 3.63) is 29.8 Å². The number of aromatic hydroxyl groups is 1. The minimum atomic E-state index is -1.08. The van der Waals surface area contributed by atoms with Crippen LogP contribution in [-0.4, -0.2) is 69.5 Å². The van der Waals surface area contributed by atoms with Gasteiger partial charge in [0.1, 0.15) is 23.9 Å². The maximum atomic E-state index is 13.5. The highest BCUT2D eigenvalue weighted by molar-refractivity contribution is 5.94. The number of likely N-dealkylation sites (tertiary alicyclic amines) is 1. The fraction of sp³-hybridized carbons (Fsp3) is 0.615. The van der Waals surface area contributed by atoms with Gasteiger partial charge in [0.05, 0.1) is 6.04 Å². The van der Waals surface area contributed by atoms with E-state index in [4.69, 9.17) is 5.73 Å². The number of nitrogens with one attached hydrogen (secondary N) is 2. The third-order valence-electron chi connectivity index (χ3n) is 6.21. The zero-order chi connectivity index (χ0) is 27.0. The van der Waals surface area contributed by atoms with Crippen LogP contribution in [0.5, 0.6) is 5.75 Å². The maximum absolute atomic E-state index is 13.5. The number of hydrogen-bond donors (Lipinski definition) is 5. The van der Waals surface area contributed by atoms with E-state index < -0.39 is 47.9 Å². The minimum absolute atomic E-state index is 0.0635. The number of aliphatic carboxylic acids is 1. The van der Waals surface area contributed by atoms with Crippen LogP contribution >= 0.6 is 0 Å². The summed E-state index contributed by atoms with van der Waals surface area (Å²) < 4.78 is 0. The predicted octanol–water partition coefficient (Wildman–Crippen LogP) is 1.40. The Kier molecular flexibility index (Phi) is 10.7. The Morgan fingerprint density at radius 1 is 0.972 bits per heavy atom. The summed E-state index contributed by atoms with van der Waals surface area (Å²) >= 11 is 0. The Labute approximate surface area is 212 Å². The first-order valence-corrected chi connectivity index (χ1v) is 12.6. The van der Waals surface area contributed by atoms with Crippen LogP contribution in [0.4, 0.5) is 0 Å². The molecule has 10 nitrogen and oxygen atoms in total. The van der Waals surface area contributed by atoms with Gasteiger partial charge < -0.3 is 31.5 Å². The molecule has 1 aromatic carbocycles. The summed E-state index contributed by atoms with van der Waals surface area (Å²) in [6.07, 6.45) is 1.81. The quantitative estimate of drug-likeness (QED) is 0.287. The lowest BCUT2D eigenvalue weighted by atomic mass is 9.99. The van der Waals surface area contributed by atoms with Gasteiger partial charge in [-0.25, -0.2) is 4.79 Å². The number of phenols is 1. The second-order valence-corrected chi connectivity index (χ2v) is 10.4. The first-order valence-electron chi connectivity index (χ1n) is 12.6. The van der Waals surface area contributed by atoms with Gasteiger partial charge in [-0.05, 0) is 55.2 Å². The fourth-order valence-corrected chi connectivity index (χ4v) is 4.42. The Morgan fingerprint density at radius 3 is 2.11 bits per heavy atom. The lowest BCUT2D eigenvalue weighted by Gasteiger charge is -2.29. The van der Waals surface area contributed by atoms with Crippen molar-refractivity contribution >= 4 is 23.7 Å². The maximum Gasteiger partial charge on any atom is 0.326 e. The number of carbonyl (C=O) groups excluding carboxylic acids is 3. The predicted molar refractivity (Wildman–Crippen MR) is 135 cm³/mol. The van der Waals surface area contributed by atoms with Crippen LogP contribution in [0.15, 0.2) is 24.3 Å². The molecule has 0 spiro atoms. The Morgan fingerprint density at radius 2 is 1.56 bits per heavy atom. The molecule has 36 heavy (non-hydrogen) atoms. The molecule has 4 unspecified atom stereocenters. The zero-order valence-electron chi connectivity index (χ0n) is 21.6. The number of rotatable bonds is 12. The van der Waals surface area contributed by atoms with E-state index in [2.05, 4.69) is 10.6 Å². The van der Waals surface area contributed by atoms with Crippen molar-refractivity contribution < 1.29 is 29.4 Å². The molecule has 0 aliphatic carbocycles. The molecule has 1 aliphatic heterocycles. The summed E-state index contributed by atoms with van der Waals surface area (Å²) in [6, 6.07) is 2.58. The molecule has 1 saturated heterocycles. The van der Waals surface area contributed by atoms with Gasteiger partial charge in [0.15, 0.2) is 0 Å². The van der Waals surface area contributed by atoms with E-state index >= 15 is 0 Å². The van der Waals surface area contributed by atoms with E-state index in [1.165, 1.54) is 17.0 Å². The minimum Gasteiger partial charge on any atom is -0.508 e. The van der Waals surface area contributed by atoms with Gasteiger partial charge in [0.25, 0.3) is 0 Å². The number of carboxylic acids is 1. The molecule has 0 radical (unpaired) electrons. The van der Waals surface area contributed by atoms with Gasteiger partial charge in [-0.2, -0.15) is 0 Å². The molecule has 1 heterocycles. The average molecular weight is 505 g/mol. The van der Waals surface area contributed by atoms with Crippen molar-refractivity contribution in [2.24, 2.45) is 17.6 Å². The van der Waals surface area contributed by atoms with Crippen molar-refractivity contribution in [2.45, 2.75) is 84.0 Å². The highest BCUT2D eigenvalue weighted by atomic mass is 16.4. The smallest absolute Gasteiger partial charge is 0.326 e. The van der Waals surface area contributed by atoms with Crippen LogP contribution < -0.4 is 16.4 Å². The molecular formula is C26H40N4O6. The van der Waals surface area contributed by atoms with Crippen LogP contribution in [0.3, 0.4) is 0 Å². The number of carboxylic acid groups (broad SMARTS) is 1. The summed E-state index contributed by atoms with van der Waals surface area (Å²) in [6.45, 7) is 8.03. The molecule has 2 rings (SSSR count). The number of hydrogen-bond acceptors (Lipinski definition) is 6. The first kappa shape index (κ1) is 29.1. The molecule has 6 N–H and O–H groups in total. The second-order valence-electron chi connectivity index (χ2n) is 10.4. The molecule has 1 fully saturated rings. The fourth-order valence-electron chi connectivity index (χ4n) is 4.42. The third-order valence-corrected chi connectivity index (χ3v) is 6.21. The number of phenolic OH excluding ortho intramolecular Hbond substituents is 1. The summed E-state index contributed by atoms with van der Waals surface area (Å²) in [7, 11) is 0. The largest absolute Gasteiger partial charge is 0.508 e. The van der Waals surface area contributed by atoms with Crippen molar-refractivity contribution in [3.8, 4) is 5.75 Å². The lowest BCUT2D eigenvalue weighted by Crippen LogP contribution is -2.58. The molecule has 0 bridgehead atoms. The summed E-state index contributed by atoms with van der Waals surface area (Å²) in [5.41, 5.74) is 6.69.